The number of amides is 1. The van der Waals surface area contributed by atoms with Crippen molar-refractivity contribution in [3.63, 3.8) is 0 Å². The number of ether oxygens (including phenoxy) is 1. The summed E-state index contributed by atoms with van der Waals surface area (Å²) in [5.41, 5.74) is -0.377. The van der Waals surface area contributed by atoms with Gasteiger partial charge < -0.3 is 9.64 Å². The van der Waals surface area contributed by atoms with E-state index in [2.05, 4.69) is 6.92 Å². The first-order valence-corrected chi connectivity index (χ1v) is 6.36. The summed E-state index contributed by atoms with van der Waals surface area (Å²) in [4.78, 5) is 13.5. The first-order chi connectivity index (χ1) is 7.38. The Morgan fingerprint density at radius 1 is 1.31 bits per heavy atom. The van der Waals surface area contributed by atoms with E-state index < -0.39 is 0 Å². The fourth-order valence-corrected chi connectivity index (χ4v) is 1.68. The van der Waals surface area contributed by atoms with Crippen LogP contribution in [0, 0.1) is 5.92 Å². The molecule has 1 rings (SSSR count). The van der Waals surface area contributed by atoms with Crippen LogP contribution in [-0.2, 0) is 4.74 Å². The third-order valence-corrected chi connectivity index (χ3v) is 2.31. The van der Waals surface area contributed by atoms with Crippen LogP contribution in [0.3, 0.4) is 0 Å². The summed E-state index contributed by atoms with van der Waals surface area (Å²) in [6.07, 6.45) is 2.16. The predicted molar refractivity (Wildman–Crippen MR) is 67.6 cm³/mol. The Balaban J connectivity index is 0.00000106. The number of hydrogen-bond donors (Lipinski definition) is 0. The fraction of sp³-hybridized carbons (Fsp3) is 0.923. The molecule has 1 saturated heterocycles. The molecule has 1 fully saturated rings. The van der Waals surface area contributed by atoms with Crippen LogP contribution in [0.2, 0.25) is 0 Å². The SMILES string of the molecule is CC.CC1CCCN(C(=O)OC(C)(C)C)C1. The maximum atomic E-state index is 11.7. The van der Waals surface area contributed by atoms with Crippen molar-refractivity contribution in [2.24, 2.45) is 5.92 Å². The van der Waals surface area contributed by atoms with E-state index in [0.29, 0.717) is 5.92 Å². The van der Waals surface area contributed by atoms with Crippen LogP contribution in [0.4, 0.5) is 4.79 Å². The highest BCUT2D eigenvalue weighted by atomic mass is 16.6. The third kappa shape index (κ3) is 5.99. The van der Waals surface area contributed by atoms with Crippen LogP contribution in [0.15, 0.2) is 0 Å². The first-order valence-electron chi connectivity index (χ1n) is 6.36. The first kappa shape index (κ1) is 15.3. The third-order valence-electron chi connectivity index (χ3n) is 2.31. The Bertz CT molecular complexity index is 208. The fourth-order valence-electron chi connectivity index (χ4n) is 1.68. The molecule has 0 aliphatic carbocycles. The smallest absolute Gasteiger partial charge is 0.410 e. The molecular formula is C13H27NO2. The molecule has 0 saturated carbocycles. The molecule has 96 valence electrons. The van der Waals surface area contributed by atoms with Gasteiger partial charge in [0.15, 0.2) is 0 Å². The van der Waals surface area contributed by atoms with Gasteiger partial charge in [-0.25, -0.2) is 4.79 Å². The van der Waals surface area contributed by atoms with E-state index in [4.69, 9.17) is 4.74 Å². The van der Waals surface area contributed by atoms with Gasteiger partial charge in [0.05, 0.1) is 0 Å². The van der Waals surface area contributed by atoms with Gasteiger partial charge in [0, 0.05) is 13.1 Å². The quantitative estimate of drug-likeness (QED) is 0.634. The van der Waals surface area contributed by atoms with Crippen molar-refractivity contribution in [2.75, 3.05) is 13.1 Å². The molecule has 3 nitrogen and oxygen atoms in total. The van der Waals surface area contributed by atoms with Crippen molar-refractivity contribution < 1.29 is 9.53 Å². The van der Waals surface area contributed by atoms with Gasteiger partial charge in [-0.3, -0.25) is 0 Å². The average molecular weight is 229 g/mol. The Kier molecular flexibility index (Phi) is 6.46. The Hall–Kier alpha value is -0.730. The molecule has 0 aromatic carbocycles. The zero-order valence-electron chi connectivity index (χ0n) is 11.7. The predicted octanol–water partition coefficient (Wildman–Crippen LogP) is 3.68. The molecule has 0 spiro atoms. The molecule has 1 heterocycles. The van der Waals surface area contributed by atoms with Gasteiger partial charge >= 0.3 is 6.09 Å². The summed E-state index contributed by atoms with van der Waals surface area (Å²) in [5, 5.41) is 0. The van der Waals surface area contributed by atoms with Crippen molar-refractivity contribution in [3.8, 4) is 0 Å². The van der Waals surface area contributed by atoms with Crippen LogP contribution in [-0.4, -0.2) is 29.7 Å². The van der Waals surface area contributed by atoms with Crippen LogP contribution in [0.1, 0.15) is 54.4 Å². The zero-order chi connectivity index (χ0) is 12.8. The molecule has 0 bridgehead atoms. The van der Waals surface area contributed by atoms with Crippen molar-refractivity contribution in [2.45, 2.75) is 60.0 Å². The summed E-state index contributed by atoms with van der Waals surface area (Å²) in [6.45, 7) is 13.6. The van der Waals surface area contributed by atoms with Crippen LogP contribution < -0.4 is 0 Å². The Morgan fingerprint density at radius 3 is 2.31 bits per heavy atom. The molecule has 1 atom stereocenters. The topological polar surface area (TPSA) is 29.5 Å². The van der Waals surface area contributed by atoms with Crippen LogP contribution in [0.25, 0.3) is 0 Å². The standard InChI is InChI=1S/C11H21NO2.C2H6/c1-9-6-5-7-12(8-9)10(13)14-11(2,3)4;1-2/h9H,5-8H2,1-4H3;1-2H3. The summed E-state index contributed by atoms with van der Waals surface area (Å²) in [7, 11) is 0. The molecule has 16 heavy (non-hydrogen) atoms. The van der Waals surface area contributed by atoms with Crippen molar-refractivity contribution in [1.29, 1.82) is 0 Å². The zero-order valence-corrected chi connectivity index (χ0v) is 11.7. The van der Waals surface area contributed by atoms with Crippen molar-refractivity contribution in [1.82, 2.24) is 4.90 Å². The minimum absolute atomic E-state index is 0.163. The van der Waals surface area contributed by atoms with Gasteiger partial charge in [-0.05, 0) is 39.5 Å². The minimum Gasteiger partial charge on any atom is -0.444 e. The molecule has 0 radical (unpaired) electrons. The molecule has 1 amide bonds. The molecular weight excluding hydrogens is 202 g/mol. The van der Waals surface area contributed by atoms with E-state index in [9.17, 15) is 4.79 Å². The average Bonchev–Trinajstić information content (AvgIpc) is 2.18. The summed E-state index contributed by atoms with van der Waals surface area (Å²) >= 11 is 0. The number of carbonyl (C=O) groups excluding carboxylic acids is 1. The van der Waals surface area contributed by atoms with E-state index >= 15 is 0 Å². The maximum Gasteiger partial charge on any atom is 0.410 e. The van der Waals surface area contributed by atoms with E-state index in [1.165, 1.54) is 6.42 Å². The summed E-state index contributed by atoms with van der Waals surface area (Å²) in [6, 6.07) is 0. The second-order valence-electron chi connectivity index (χ2n) is 5.17. The number of rotatable bonds is 0. The minimum atomic E-state index is -0.377. The molecule has 3 heteroatoms. The lowest BCUT2D eigenvalue weighted by Gasteiger charge is -2.32. The number of piperidine rings is 1. The number of carbonyl (C=O) groups is 1. The summed E-state index contributed by atoms with van der Waals surface area (Å²) in [5.74, 6) is 0.608. The van der Waals surface area contributed by atoms with Gasteiger partial charge in [-0.2, -0.15) is 0 Å². The molecule has 0 aromatic heterocycles. The highest BCUT2D eigenvalue weighted by molar-refractivity contribution is 5.68. The van der Waals surface area contributed by atoms with Crippen LogP contribution in [0.5, 0.6) is 0 Å². The number of hydrogen-bond acceptors (Lipinski definition) is 2. The second-order valence-corrected chi connectivity index (χ2v) is 5.17. The molecule has 1 unspecified atom stereocenters. The lowest BCUT2D eigenvalue weighted by atomic mass is 10.0. The molecule has 1 aliphatic heterocycles. The van der Waals surface area contributed by atoms with E-state index in [1.807, 2.05) is 39.5 Å². The van der Waals surface area contributed by atoms with Gasteiger partial charge in [0.25, 0.3) is 0 Å². The van der Waals surface area contributed by atoms with Gasteiger partial charge in [0.1, 0.15) is 5.60 Å². The van der Waals surface area contributed by atoms with Crippen molar-refractivity contribution in [3.05, 3.63) is 0 Å². The number of likely N-dealkylation sites (tertiary alicyclic amines) is 1. The Morgan fingerprint density at radius 2 is 1.88 bits per heavy atom. The second kappa shape index (κ2) is 6.77. The lowest BCUT2D eigenvalue weighted by molar-refractivity contribution is 0.0174. The van der Waals surface area contributed by atoms with E-state index in [-0.39, 0.29) is 11.7 Å². The van der Waals surface area contributed by atoms with Gasteiger partial charge in [0.2, 0.25) is 0 Å². The van der Waals surface area contributed by atoms with E-state index in [0.717, 1.165) is 19.5 Å². The van der Waals surface area contributed by atoms with Crippen molar-refractivity contribution >= 4 is 6.09 Å². The van der Waals surface area contributed by atoms with E-state index in [1.54, 1.807) is 0 Å². The monoisotopic (exact) mass is 229 g/mol. The highest BCUT2D eigenvalue weighted by Gasteiger charge is 2.25. The van der Waals surface area contributed by atoms with Gasteiger partial charge in [-0.15, -0.1) is 0 Å². The molecule has 0 N–H and O–H groups in total. The highest BCUT2D eigenvalue weighted by Crippen LogP contribution is 2.18. The van der Waals surface area contributed by atoms with Gasteiger partial charge in [-0.1, -0.05) is 20.8 Å². The molecule has 1 aliphatic rings. The maximum absolute atomic E-state index is 11.7. The summed E-state index contributed by atoms with van der Waals surface area (Å²) < 4.78 is 5.31. The lowest BCUT2D eigenvalue weighted by Crippen LogP contribution is -2.42. The molecule has 0 aromatic rings. The normalized spacial score (nSPS) is 20.9. The largest absolute Gasteiger partial charge is 0.444 e. The van der Waals surface area contributed by atoms with Crippen LogP contribution >= 0.6 is 0 Å². The Labute approximate surface area is 100 Å². The number of nitrogens with zero attached hydrogens (tertiary/aromatic N) is 1.